The molecule has 1 aliphatic rings. The molecule has 0 saturated heterocycles. The molecule has 1 aliphatic carbocycles. The Morgan fingerprint density at radius 2 is 0.955 bits per heavy atom. The van der Waals surface area contributed by atoms with Gasteiger partial charge in [0.15, 0.2) is 6.17 Å². The number of halogens is 1. The van der Waals surface area contributed by atoms with Crippen LogP contribution >= 0.6 is 0 Å². The van der Waals surface area contributed by atoms with Gasteiger partial charge in [0.2, 0.25) is 0 Å². The van der Waals surface area contributed by atoms with Gasteiger partial charge in [-0.25, -0.2) is 4.39 Å². The highest BCUT2D eigenvalue weighted by Crippen LogP contribution is 2.43. The first-order chi connectivity index (χ1) is 20.9. The summed E-state index contributed by atoms with van der Waals surface area (Å²) in [4.78, 5) is 0. The van der Waals surface area contributed by atoms with Crippen molar-refractivity contribution in [1.29, 1.82) is 0 Å². The summed E-state index contributed by atoms with van der Waals surface area (Å²) in [6.07, 6.45) is -3.13. The highest BCUT2D eigenvalue weighted by molar-refractivity contribution is 7.00. The molecule has 0 radical (unpaired) electrons. The second-order valence-corrected chi connectivity index (χ2v) is 22.8. The summed E-state index contributed by atoms with van der Waals surface area (Å²) < 4.78 is 30.9. The molecule has 232 valence electrons. The average molecular weight is 627 g/mol. The van der Waals surface area contributed by atoms with Crippen molar-refractivity contribution < 1.29 is 18.3 Å². The lowest BCUT2D eigenvalue weighted by molar-refractivity contribution is 0.0298. The Morgan fingerprint density at radius 1 is 0.614 bits per heavy atom. The van der Waals surface area contributed by atoms with Gasteiger partial charge in [-0.15, -0.1) is 0 Å². The van der Waals surface area contributed by atoms with Crippen LogP contribution < -0.4 is 20.7 Å². The monoisotopic (exact) mass is 626 g/mol. The zero-order chi connectivity index (χ0) is 31.6. The minimum atomic E-state index is -3.06. The van der Waals surface area contributed by atoms with Crippen molar-refractivity contribution in [3.8, 4) is 0 Å². The third-order valence-electron chi connectivity index (χ3n) is 9.35. The number of aliphatic hydroxyl groups is 1. The van der Waals surface area contributed by atoms with Gasteiger partial charge in [-0.3, -0.25) is 0 Å². The van der Waals surface area contributed by atoms with Gasteiger partial charge in [0.1, 0.15) is 0 Å². The quantitative estimate of drug-likeness (QED) is 0.224. The highest BCUT2D eigenvalue weighted by Gasteiger charge is 2.57. The summed E-state index contributed by atoms with van der Waals surface area (Å²) in [6.45, 7) is 13.6. The zero-order valence-corrected chi connectivity index (χ0v) is 28.9. The maximum absolute atomic E-state index is 16.3. The smallest absolute Gasteiger partial charge is 0.261 e. The van der Waals surface area contributed by atoms with Crippen LogP contribution in [0.15, 0.2) is 121 Å². The molecule has 0 spiro atoms. The average Bonchev–Trinajstić information content (AvgIpc) is 3.28. The minimum Gasteiger partial charge on any atom is -0.407 e. The van der Waals surface area contributed by atoms with E-state index < -0.39 is 35.0 Å². The molecular formula is C38H47FO3Si2. The van der Waals surface area contributed by atoms with Crippen LogP contribution in [0, 0.1) is 5.92 Å². The van der Waals surface area contributed by atoms with Crippen molar-refractivity contribution >= 4 is 37.4 Å². The fourth-order valence-corrected chi connectivity index (χ4v) is 16.6. The van der Waals surface area contributed by atoms with E-state index >= 15 is 4.39 Å². The van der Waals surface area contributed by atoms with E-state index in [0.29, 0.717) is 13.0 Å². The zero-order valence-electron chi connectivity index (χ0n) is 26.9. The molecule has 5 rings (SSSR count). The lowest BCUT2D eigenvalue weighted by Crippen LogP contribution is -2.69. The first-order valence-electron chi connectivity index (χ1n) is 15.8. The van der Waals surface area contributed by atoms with Crippen LogP contribution in [0.5, 0.6) is 0 Å². The SMILES string of the molecule is CC(C)(C)[Si](OC[C@H]1C[C@H](O)[C@@H](F)[C@@H]1O[Si](c1ccccc1)(c1ccccc1)C(C)(C)C)(c1ccccc1)c1ccccc1. The molecule has 4 aromatic carbocycles. The van der Waals surface area contributed by atoms with Gasteiger partial charge < -0.3 is 14.0 Å². The maximum Gasteiger partial charge on any atom is 0.261 e. The third kappa shape index (κ3) is 5.91. The molecule has 0 aliphatic heterocycles. The van der Waals surface area contributed by atoms with Crippen LogP contribution in [0.4, 0.5) is 4.39 Å². The van der Waals surface area contributed by atoms with Gasteiger partial charge in [-0.1, -0.05) is 163 Å². The van der Waals surface area contributed by atoms with Crippen LogP contribution in [-0.4, -0.2) is 46.7 Å². The molecular weight excluding hydrogens is 580 g/mol. The predicted octanol–water partition coefficient (Wildman–Crippen LogP) is 6.23. The fraction of sp³-hybridized carbons (Fsp3) is 0.368. The van der Waals surface area contributed by atoms with Crippen molar-refractivity contribution in [2.45, 2.75) is 76.4 Å². The number of hydrogen-bond acceptors (Lipinski definition) is 3. The van der Waals surface area contributed by atoms with Gasteiger partial charge in [0.25, 0.3) is 16.6 Å². The Balaban J connectivity index is 1.59. The highest BCUT2D eigenvalue weighted by atomic mass is 28.4. The minimum absolute atomic E-state index is 0.212. The molecule has 1 saturated carbocycles. The van der Waals surface area contributed by atoms with E-state index in [1.807, 2.05) is 48.5 Å². The number of alkyl halides is 1. The molecule has 1 N–H and O–H groups in total. The van der Waals surface area contributed by atoms with E-state index in [0.717, 1.165) is 10.4 Å². The summed E-state index contributed by atoms with van der Waals surface area (Å²) in [5.74, 6) is -0.316. The summed E-state index contributed by atoms with van der Waals surface area (Å²) in [7, 11) is -5.92. The van der Waals surface area contributed by atoms with Gasteiger partial charge in [0, 0.05) is 12.5 Å². The Kier molecular flexibility index (Phi) is 9.50. The van der Waals surface area contributed by atoms with Crippen LogP contribution in [0.3, 0.4) is 0 Å². The molecule has 0 amide bonds. The fourth-order valence-electron chi connectivity index (χ4n) is 7.27. The molecule has 44 heavy (non-hydrogen) atoms. The first kappa shape index (κ1) is 32.5. The second-order valence-electron chi connectivity index (χ2n) is 14.2. The van der Waals surface area contributed by atoms with E-state index in [4.69, 9.17) is 8.85 Å². The van der Waals surface area contributed by atoms with Gasteiger partial charge in [-0.2, -0.15) is 0 Å². The number of rotatable bonds is 9. The summed E-state index contributed by atoms with van der Waals surface area (Å²) in [6, 6.07) is 41.7. The van der Waals surface area contributed by atoms with E-state index in [1.54, 1.807) is 0 Å². The molecule has 4 aromatic rings. The molecule has 3 nitrogen and oxygen atoms in total. The summed E-state index contributed by atoms with van der Waals surface area (Å²) >= 11 is 0. The Labute approximate surface area is 265 Å². The van der Waals surface area contributed by atoms with Crippen molar-refractivity contribution in [2.24, 2.45) is 5.92 Å². The second kappa shape index (κ2) is 12.9. The van der Waals surface area contributed by atoms with Crippen LogP contribution in [0.25, 0.3) is 0 Å². The van der Waals surface area contributed by atoms with E-state index in [9.17, 15) is 5.11 Å². The lowest BCUT2D eigenvalue weighted by atomic mass is 10.1. The molecule has 0 bridgehead atoms. The first-order valence-corrected chi connectivity index (χ1v) is 19.6. The van der Waals surface area contributed by atoms with Crippen LogP contribution in [-0.2, 0) is 8.85 Å². The van der Waals surface area contributed by atoms with Crippen molar-refractivity contribution in [1.82, 2.24) is 0 Å². The number of aliphatic hydroxyl groups excluding tert-OH is 1. The standard InChI is InChI=1S/C38H47FO3Si2/c1-37(2,3)43(30-19-11-7-12-20-30,31-21-13-8-14-22-31)41-28-29-27-34(40)35(39)36(29)42-44(38(4,5)6,32-23-15-9-16-24-32)33-25-17-10-18-26-33/h7-26,29,34-36,40H,27-28H2,1-6H3/t29-,34+,35-,36-/m1/s1. The number of benzene rings is 4. The van der Waals surface area contributed by atoms with Crippen LogP contribution in [0.1, 0.15) is 48.0 Å². The Bertz CT molecular complexity index is 1390. The summed E-state index contributed by atoms with van der Waals surface area (Å²) in [5.41, 5.74) is 0. The van der Waals surface area contributed by atoms with E-state index in [-0.39, 0.29) is 16.0 Å². The summed E-state index contributed by atoms with van der Waals surface area (Å²) in [5, 5.41) is 15.0. The lowest BCUT2D eigenvalue weighted by Gasteiger charge is -2.46. The predicted molar refractivity (Wildman–Crippen MR) is 185 cm³/mol. The van der Waals surface area contributed by atoms with Crippen molar-refractivity contribution in [3.05, 3.63) is 121 Å². The normalized spacial score (nSPS) is 21.4. The third-order valence-corrected chi connectivity index (χ3v) is 19.4. The molecule has 0 aromatic heterocycles. The molecule has 4 atom stereocenters. The van der Waals surface area contributed by atoms with Gasteiger partial charge >= 0.3 is 0 Å². The number of hydrogen-bond donors (Lipinski definition) is 1. The van der Waals surface area contributed by atoms with Crippen molar-refractivity contribution in [2.75, 3.05) is 6.61 Å². The van der Waals surface area contributed by atoms with E-state index in [1.165, 1.54) is 10.4 Å². The molecule has 0 heterocycles. The maximum atomic E-state index is 16.3. The van der Waals surface area contributed by atoms with Crippen molar-refractivity contribution in [3.63, 3.8) is 0 Å². The Morgan fingerprint density at radius 3 is 1.30 bits per heavy atom. The largest absolute Gasteiger partial charge is 0.407 e. The molecule has 1 fully saturated rings. The van der Waals surface area contributed by atoms with E-state index in [2.05, 4.69) is 114 Å². The molecule has 6 heteroatoms. The van der Waals surface area contributed by atoms with Crippen LogP contribution in [0.2, 0.25) is 10.1 Å². The molecule has 0 unspecified atom stereocenters. The topological polar surface area (TPSA) is 38.7 Å². The van der Waals surface area contributed by atoms with Gasteiger partial charge in [-0.05, 0) is 37.2 Å². The Hall–Kier alpha value is -2.88. The van der Waals surface area contributed by atoms with Gasteiger partial charge in [0.05, 0.1) is 12.2 Å².